The molecule has 0 amide bonds. The lowest BCUT2D eigenvalue weighted by atomic mass is 9.79. The summed E-state index contributed by atoms with van der Waals surface area (Å²) in [6.07, 6.45) is 13.5. The lowest BCUT2D eigenvalue weighted by Gasteiger charge is -2.35. The molecule has 0 radical (unpaired) electrons. The highest BCUT2D eigenvalue weighted by molar-refractivity contribution is 6.02. The van der Waals surface area contributed by atoms with Crippen LogP contribution in [0.1, 0.15) is 31.2 Å². The van der Waals surface area contributed by atoms with E-state index in [2.05, 4.69) is 168 Å². The zero-order valence-corrected chi connectivity index (χ0v) is 34.8. The number of benzene rings is 6. The molecule has 2 aromatic heterocycles. The maximum Gasteiger partial charge on any atom is 0.173 e. The molecule has 3 aliphatic rings. The highest BCUT2D eigenvalue weighted by Crippen LogP contribution is 2.44. The van der Waals surface area contributed by atoms with Crippen LogP contribution in [0, 0.1) is 5.92 Å². The van der Waals surface area contributed by atoms with Crippen LogP contribution in [-0.2, 0) is 9.53 Å². The zero-order valence-electron chi connectivity index (χ0n) is 34.8. The van der Waals surface area contributed by atoms with Crippen molar-refractivity contribution in [2.24, 2.45) is 5.92 Å². The molecule has 2 aliphatic carbocycles. The summed E-state index contributed by atoms with van der Waals surface area (Å²) in [6, 6.07) is 62.5. The summed E-state index contributed by atoms with van der Waals surface area (Å²) in [4.78, 5) is 22.8. The molecule has 11 rings (SSSR count). The van der Waals surface area contributed by atoms with Gasteiger partial charge in [-0.15, -0.1) is 0 Å². The van der Waals surface area contributed by atoms with Gasteiger partial charge in [0.05, 0.1) is 17.3 Å². The second-order valence-corrected chi connectivity index (χ2v) is 16.6. The fraction of sp³-hybridized carbons (Fsp3) is 0.102. The SMILES string of the molecule is O=C1C2=C(CCCC2)OC2C=C(c3ccccc3-c3cc(-c4ccccc4-c4ccc(-c5ccccn5)cc4)cc(-c4ccccc4-c4ccc(-c5ccccn5)cc4)c3)C=CC12. The lowest BCUT2D eigenvalue weighted by Crippen LogP contribution is -2.36. The Morgan fingerprint density at radius 2 is 0.873 bits per heavy atom. The van der Waals surface area contributed by atoms with Crippen LogP contribution in [0.15, 0.2) is 218 Å². The van der Waals surface area contributed by atoms with Crippen LogP contribution in [-0.4, -0.2) is 21.9 Å². The topological polar surface area (TPSA) is 52.1 Å². The monoisotopic (exact) mass is 812 g/mol. The minimum absolute atomic E-state index is 0.230. The lowest BCUT2D eigenvalue weighted by molar-refractivity contribution is -0.123. The quantitative estimate of drug-likeness (QED) is 0.153. The van der Waals surface area contributed by atoms with Gasteiger partial charge >= 0.3 is 0 Å². The Labute approximate surface area is 368 Å². The molecule has 8 aromatic rings. The predicted molar refractivity (Wildman–Crippen MR) is 256 cm³/mol. The first-order chi connectivity index (χ1) is 31.1. The van der Waals surface area contributed by atoms with Crippen molar-refractivity contribution in [2.75, 3.05) is 0 Å². The average Bonchev–Trinajstić information content (AvgIpc) is 3.37. The fourth-order valence-corrected chi connectivity index (χ4v) is 9.57. The molecule has 3 heterocycles. The molecule has 4 nitrogen and oxygen atoms in total. The first-order valence-electron chi connectivity index (χ1n) is 21.9. The number of fused-ring (bicyclic) bond motifs is 1. The maximum atomic E-state index is 13.7. The van der Waals surface area contributed by atoms with Crippen molar-refractivity contribution in [2.45, 2.75) is 31.8 Å². The highest BCUT2D eigenvalue weighted by atomic mass is 16.5. The second kappa shape index (κ2) is 16.6. The minimum atomic E-state index is -0.309. The summed E-state index contributed by atoms with van der Waals surface area (Å²) in [7, 11) is 0. The molecule has 302 valence electrons. The van der Waals surface area contributed by atoms with Crippen molar-refractivity contribution < 1.29 is 9.53 Å². The molecule has 0 bridgehead atoms. The van der Waals surface area contributed by atoms with Gasteiger partial charge in [-0.25, -0.2) is 0 Å². The highest BCUT2D eigenvalue weighted by Gasteiger charge is 2.38. The minimum Gasteiger partial charge on any atom is -0.489 e. The first kappa shape index (κ1) is 38.2. The summed E-state index contributed by atoms with van der Waals surface area (Å²) in [5.41, 5.74) is 18.5. The number of ether oxygens (including phenoxy) is 1. The molecular weight excluding hydrogens is 769 g/mol. The van der Waals surface area contributed by atoms with Gasteiger partial charge in [-0.3, -0.25) is 14.8 Å². The van der Waals surface area contributed by atoms with Gasteiger partial charge in [0, 0.05) is 35.5 Å². The number of nitrogens with zero attached hydrogens (tertiary/aromatic N) is 2. The van der Waals surface area contributed by atoms with Crippen molar-refractivity contribution in [3.05, 3.63) is 223 Å². The Morgan fingerprint density at radius 1 is 0.444 bits per heavy atom. The van der Waals surface area contributed by atoms with Crippen LogP contribution in [0.5, 0.6) is 0 Å². The number of hydrogen-bond acceptors (Lipinski definition) is 4. The Morgan fingerprint density at radius 3 is 1.37 bits per heavy atom. The number of allylic oxidation sites excluding steroid dienone is 4. The Bertz CT molecular complexity index is 2950. The Hall–Kier alpha value is -7.69. The third-order valence-electron chi connectivity index (χ3n) is 12.7. The van der Waals surface area contributed by atoms with E-state index in [0.717, 1.165) is 126 Å². The van der Waals surface area contributed by atoms with E-state index in [1.54, 1.807) is 0 Å². The van der Waals surface area contributed by atoms with Gasteiger partial charge in [0.15, 0.2) is 5.78 Å². The van der Waals surface area contributed by atoms with E-state index in [4.69, 9.17) is 4.74 Å². The molecule has 4 heteroatoms. The van der Waals surface area contributed by atoms with E-state index in [0.29, 0.717) is 0 Å². The van der Waals surface area contributed by atoms with Gasteiger partial charge in [0.1, 0.15) is 11.9 Å². The zero-order chi connectivity index (χ0) is 42.1. The van der Waals surface area contributed by atoms with Crippen LogP contribution in [0.3, 0.4) is 0 Å². The summed E-state index contributed by atoms with van der Waals surface area (Å²) in [6.45, 7) is 0. The summed E-state index contributed by atoms with van der Waals surface area (Å²) < 4.78 is 6.62. The second-order valence-electron chi connectivity index (χ2n) is 16.6. The third kappa shape index (κ3) is 7.44. The number of pyridine rings is 2. The molecule has 1 aliphatic heterocycles. The molecule has 0 saturated carbocycles. The largest absolute Gasteiger partial charge is 0.489 e. The van der Waals surface area contributed by atoms with Gasteiger partial charge in [0.25, 0.3) is 0 Å². The number of carbonyl (C=O) groups excluding carboxylic acids is 1. The van der Waals surface area contributed by atoms with Gasteiger partial charge in [-0.1, -0.05) is 146 Å². The van der Waals surface area contributed by atoms with Gasteiger partial charge in [-0.05, 0) is 135 Å². The summed E-state index contributed by atoms with van der Waals surface area (Å²) in [5, 5.41) is 0. The third-order valence-corrected chi connectivity index (χ3v) is 12.7. The van der Waals surface area contributed by atoms with E-state index in [1.807, 2.05) is 48.8 Å². The summed E-state index contributed by atoms with van der Waals surface area (Å²) >= 11 is 0. The van der Waals surface area contributed by atoms with Crippen LogP contribution in [0.4, 0.5) is 0 Å². The summed E-state index contributed by atoms with van der Waals surface area (Å²) in [5.74, 6) is 0.851. The Balaban J connectivity index is 1.05. The molecule has 6 aromatic carbocycles. The standard InChI is InChI=1S/C59H44N2O2/c62-59-53-19-7-8-22-57(53)63-58-38-43(31-32-54(58)59)49-15-3-6-18-52(49)46-36-44(50-16-4-1-13-47(50)39-23-27-41(28-24-39)55-20-9-11-33-60-55)35-45(37-46)51-17-5-2-14-48(51)40-25-29-42(30-26-40)56-21-10-12-34-61-56/h1-6,9-18,20-21,23-38,54,58H,7-8,19,22H2. The number of carbonyl (C=O) groups is 1. The molecule has 0 N–H and O–H groups in total. The Kier molecular flexibility index (Phi) is 10.1. The van der Waals surface area contributed by atoms with E-state index in [1.165, 1.54) is 0 Å². The van der Waals surface area contributed by atoms with Crippen molar-refractivity contribution in [3.63, 3.8) is 0 Å². The van der Waals surface area contributed by atoms with Crippen LogP contribution < -0.4 is 0 Å². The fourth-order valence-electron chi connectivity index (χ4n) is 9.57. The molecule has 2 unspecified atom stereocenters. The molecule has 2 atom stereocenters. The van der Waals surface area contributed by atoms with E-state index >= 15 is 0 Å². The number of aromatic nitrogens is 2. The van der Waals surface area contributed by atoms with Gasteiger partial charge < -0.3 is 4.74 Å². The molecule has 0 saturated heterocycles. The number of Topliss-reactive ketones (excluding diaryl/α,β-unsaturated/α-hetero) is 1. The van der Waals surface area contributed by atoms with Crippen molar-refractivity contribution >= 4 is 11.4 Å². The van der Waals surface area contributed by atoms with Crippen molar-refractivity contribution in [1.29, 1.82) is 0 Å². The van der Waals surface area contributed by atoms with Gasteiger partial charge in [-0.2, -0.15) is 0 Å². The van der Waals surface area contributed by atoms with Crippen molar-refractivity contribution in [1.82, 2.24) is 9.97 Å². The number of rotatable bonds is 8. The molecule has 63 heavy (non-hydrogen) atoms. The molecule has 0 spiro atoms. The molecular formula is C59H44N2O2. The van der Waals surface area contributed by atoms with Crippen LogP contribution in [0.2, 0.25) is 0 Å². The van der Waals surface area contributed by atoms with Crippen molar-refractivity contribution in [3.8, 4) is 78.1 Å². The average molecular weight is 813 g/mol. The predicted octanol–water partition coefficient (Wildman–Crippen LogP) is 14.5. The van der Waals surface area contributed by atoms with Crippen LogP contribution in [0.25, 0.3) is 83.7 Å². The van der Waals surface area contributed by atoms with E-state index in [9.17, 15) is 4.79 Å². The normalized spacial score (nSPS) is 16.8. The maximum absolute atomic E-state index is 13.7. The first-order valence-corrected chi connectivity index (χ1v) is 21.9. The van der Waals surface area contributed by atoms with Gasteiger partial charge in [0.2, 0.25) is 0 Å². The van der Waals surface area contributed by atoms with E-state index in [-0.39, 0.29) is 17.8 Å². The smallest absolute Gasteiger partial charge is 0.173 e. The number of hydrogen-bond donors (Lipinski definition) is 0. The van der Waals surface area contributed by atoms with E-state index < -0.39 is 0 Å². The number of ketones is 1. The molecule has 0 fully saturated rings. The van der Waals surface area contributed by atoms with Crippen LogP contribution >= 0.6 is 0 Å².